The maximum absolute atomic E-state index is 9.58. The Balaban J connectivity index is 1.27. The van der Waals surface area contributed by atoms with Crippen LogP contribution in [0.15, 0.2) is 164 Å². The zero-order valence-corrected chi connectivity index (χ0v) is 26.7. The van der Waals surface area contributed by atoms with Gasteiger partial charge in [0.1, 0.15) is 0 Å². The fraction of sp³-hybridized carbons (Fsp3) is 0. The van der Waals surface area contributed by atoms with Crippen LogP contribution in [0, 0.1) is 0 Å². The third-order valence-electron chi connectivity index (χ3n) is 9.03. The number of aromatic nitrogens is 3. The molecular weight excluding hydrogens is 615 g/mol. The Bertz CT molecular complexity index is 3130. The molecule has 0 unspecified atom stereocenters. The summed E-state index contributed by atoms with van der Waals surface area (Å²) >= 11 is 1.13. The predicted octanol–water partition coefficient (Wildman–Crippen LogP) is 12.4. The first kappa shape index (κ1) is 22.4. The average molecular weight is 648 g/mol. The van der Waals surface area contributed by atoms with Crippen molar-refractivity contribution in [1.82, 2.24) is 15.0 Å². The molecule has 4 heteroatoms. The predicted molar refractivity (Wildman–Crippen MR) is 207 cm³/mol. The number of nitrogens with zero attached hydrogens (tertiary/aromatic N) is 3. The molecule has 3 nitrogen and oxygen atoms in total. The van der Waals surface area contributed by atoms with Crippen molar-refractivity contribution in [2.45, 2.75) is 0 Å². The van der Waals surface area contributed by atoms with Crippen LogP contribution in [0.4, 0.5) is 0 Å². The molecule has 0 bridgehead atoms. The Kier molecular flexibility index (Phi) is 5.11. The summed E-state index contributed by atoms with van der Waals surface area (Å²) in [5.74, 6) is 0.838. The average Bonchev–Trinajstić information content (AvgIpc) is 3.64. The lowest BCUT2D eigenvalue weighted by Gasteiger charge is -2.12. The lowest BCUT2D eigenvalue weighted by molar-refractivity contribution is 1.07. The van der Waals surface area contributed by atoms with Crippen LogP contribution in [-0.2, 0) is 0 Å². The molecule has 0 aliphatic rings. The normalized spacial score (nSPS) is 13.4. The molecule has 0 aliphatic heterocycles. The number of hydrogen-bond acceptors (Lipinski definition) is 4. The van der Waals surface area contributed by atoms with E-state index in [0.717, 1.165) is 54.8 Å². The van der Waals surface area contributed by atoms with Gasteiger partial charge in [0.05, 0.1) is 8.22 Å². The van der Waals surface area contributed by atoms with Crippen molar-refractivity contribution in [3.63, 3.8) is 0 Å². The summed E-state index contributed by atoms with van der Waals surface area (Å²) in [7, 11) is 0. The standard InChI is InChI=1S/C45H27N3S/c1-3-12-28(13-4-1)43-46-44(29-14-5-2-6-15-29)48-45(47-43)31-23-25-38-41(27-31)49-40-21-11-20-32(42(38)40)30-22-24-37-35-18-8-7-16-33(35)34-17-9-10-19-36(34)39(37)26-30/h1-27H/i11D,20D,21D,23D,25D,27D. The highest BCUT2D eigenvalue weighted by atomic mass is 32.1. The van der Waals surface area contributed by atoms with E-state index < -0.39 is 0 Å². The van der Waals surface area contributed by atoms with Gasteiger partial charge in [0.25, 0.3) is 0 Å². The largest absolute Gasteiger partial charge is 0.208 e. The van der Waals surface area contributed by atoms with Gasteiger partial charge in [-0.25, -0.2) is 15.0 Å². The highest BCUT2D eigenvalue weighted by Crippen LogP contribution is 2.43. The Morgan fingerprint density at radius 1 is 0.408 bits per heavy atom. The van der Waals surface area contributed by atoms with Crippen LogP contribution in [-0.4, -0.2) is 15.0 Å². The zero-order chi connectivity index (χ0) is 37.5. The van der Waals surface area contributed by atoms with Gasteiger partial charge in [-0.3, -0.25) is 0 Å². The fourth-order valence-corrected chi connectivity index (χ4v) is 7.78. The number of thiophene rings is 1. The van der Waals surface area contributed by atoms with Crippen molar-refractivity contribution in [2.75, 3.05) is 0 Å². The Morgan fingerprint density at radius 2 is 0.939 bits per heavy atom. The molecule has 2 aromatic heterocycles. The van der Waals surface area contributed by atoms with Crippen LogP contribution in [0.5, 0.6) is 0 Å². The second kappa shape index (κ2) is 11.2. The summed E-state index contributed by atoms with van der Waals surface area (Å²) in [5, 5.41) is 7.16. The molecule has 0 amide bonds. The highest BCUT2D eigenvalue weighted by Gasteiger charge is 2.17. The molecule has 8 aromatic carbocycles. The van der Waals surface area contributed by atoms with Crippen LogP contribution in [0.1, 0.15) is 8.22 Å². The number of rotatable bonds is 4. The van der Waals surface area contributed by atoms with Crippen LogP contribution in [0.2, 0.25) is 0 Å². The van der Waals surface area contributed by atoms with E-state index in [-0.39, 0.29) is 47.6 Å². The molecule has 0 N–H and O–H groups in total. The lowest BCUT2D eigenvalue weighted by atomic mass is 9.91. The van der Waals surface area contributed by atoms with Crippen LogP contribution in [0.3, 0.4) is 0 Å². The number of hydrogen-bond donors (Lipinski definition) is 0. The van der Waals surface area contributed by atoms with E-state index in [0.29, 0.717) is 42.9 Å². The summed E-state index contributed by atoms with van der Waals surface area (Å²) in [6.07, 6.45) is 0. The second-order valence-electron chi connectivity index (χ2n) is 11.9. The first-order valence-corrected chi connectivity index (χ1v) is 16.8. The molecule has 0 fully saturated rings. The maximum Gasteiger partial charge on any atom is 0.164 e. The Labute approximate surface area is 295 Å². The third-order valence-corrected chi connectivity index (χ3v) is 10.0. The molecule has 0 spiro atoms. The minimum Gasteiger partial charge on any atom is -0.208 e. The summed E-state index contributed by atoms with van der Waals surface area (Å²) in [5.41, 5.74) is 2.62. The first-order chi connectivity index (χ1) is 26.8. The van der Waals surface area contributed by atoms with Crippen LogP contribution >= 0.6 is 11.3 Å². The van der Waals surface area contributed by atoms with Crippen molar-refractivity contribution in [3.05, 3.63) is 164 Å². The number of benzene rings is 8. The van der Waals surface area contributed by atoms with Crippen LogP contribution < -0.4 is 0 Å². The van der Waals surface area contributed by atoms with Gasteiger partial charge in [-0.15, -0.1) is 11.3 Å². The minimum atomic E-state index is -0.239. The van der Waals surface area contributed by atoms with Crippen molar-refractivity contribution in [3.8, 4) is 45.3 Å². The van der Waals surface area contributed by atoms with Crippen molar-refractivity contribution in [1.29, 1.82) is 0 Å². The molecular formula is C45H27N3S. The first-order valence-electron chi connectivity index (χ1n) is 19.0. The summed E-state index contributed by atoms with van der Waals surface area (Å²) < 4.78 is 56.4. The van der Waals surface area contributed by atoms with E-state index in [4.69, 9.17) is 17.7 Å². The topological polar surface area (TPSA) is 38.7 Å². The molecule has 0 saturated carbocycles. The molecule has 0 saturated heterocycles. The van der Waals surface area contributed by atoms with Gasteiger partial charge in [0, 0.05) is 36.9 Å². The molecule has 0 atom stereocenters. The fourth-order valence-electron chi connectivity index (χ4n) is 6.76. The SMILES string of the molecule is [2H]c1c([2H])c(-c2ccc3c4ccccc4c4ccccc4c3c2)c2c(sc3c([2H])c(-c4nc(-c5ccccc5)nc(-c5ccccc5)n4)c([2H])c([2H])c32)c1[2H]. The van der Waals surface area contributed by atoms with Gasteiger partial charge in [0.2, 0.25) is 0 Å². The van der Waals surface area contributed by atoms with E-state index in [1.165, 1.54) is 0 Å². The zero-order valence-electron chi connectivity index (χ0n) is 31.9. The van der Waals surface area contributed by atoms with E-state index in [1.54, 1.807) is 0 Å². The summed E-state index contributed by atoms with van der Waals surface area (Å²) in [6.45, 7) is 0. The maximum atomic E-state index is 9.58. The van der Waals surface area contributed by atoms with E-state index >= 15 is 0 Å². The lowest BCUT2D eigenvalue weighted by Crippen LogP contribution is -1.99. The molecule has 2 heterocycles. The minimum absolute atomic E-state index is 0.0548. The molecule has 228 valence electrons. The Hall–Kier alpha value is -6.23. The number of fused-ring (bicyclic) bond motifs is 9. The van der Waals surface area contributed by atoms with Crippen molar-refractivity contribution in [2.24, 2.45) is 0 Å². The smallest absolute Gasteiger partial charge is 0.164 e. The molecule has 10 aromatic rings. The van der Waals surface area contributed by atoms with Crippen molar-refractivity contribution < 1.29 is 8.22 Å². The van der Waals surface area contributed by atoms with E-state index in [2.05, 4.69) is 24.3 Å². The monoisotopic (exact) mass is 647 g/mol. The highest BCUT2D eigenvalue weighted by molar-refractivity contribution is 7.26. The third kappa shape index (κ3) is 4.61. The van der Waals surface area contributed by atoms with Gasteiger partial charge in [-0.2, -0.15) is 0 Å². The van der Waals surface area contributed by atoms with Crippen molar-refractivity contribution >= 4 is 63.8 Å². The molecule has 0 radical (unpaired) electrons. The van der Waals surface area contributed by atoms with E-state index in [9.17, 15) is 5.48 Å². The summed E-state index contributed by atoms with van der Waals surface area (Å²) in [4.78, 5) is 14.3. The van der Waals surface area contributed by atoms with Gasteiger partial charge < -0.3 is 0 Å². The van der Waals surface area contributed by atoms with E-state index in [1.807, 2.05) is 103 Å². The molecule has 10 rings (SSSR count). The summed E-state index contributed by atoms with van der Waals surface area (Å²) in [6, 6.07) is 40.4. The van der Waals surface area contributed by atoms with Gasteiger partial charge in [-0.05, 0) is 61.6 Å². The second-order valence-corrected chi connectivity index (χ2v) is 12.9. The molecule has 0 aliphatic carbocycles. The van der Waals surface area contributed by atoms with Crippen LogP contribution in [0.25, 0.3) is 97.8 Å². The Morgan fingerprint density at radius 3 is 1.55 bits per heavy atom. The van der Waals surface area contributed by atoms with Gasteiger partial charge in [-0.1, -0.05) is 145 Å². The quantitative estimate of drug-likeness (QED) is 0.178. The van der Waals surface area contributed by atoms with Gasteiger partial charge in [0.15, 0.2) is 17.5 Å². The van der Waals surface area contributed by atoms with Gasteiger partial charge >= 0.3 is 0 Å². The molecule has 49 heavy (non-hydrogen) atoms.